The van der Waals surface area contributed by atoms with Gasteiger partial charge < -0.3 is 9.84 Å². The third kappa shape index (κ3) is 4.51. The standard InChI is InChI=1S/C16H16BrClO2/c17-14-2-1-3-16(10-14)20-9-8-13(11-19)12-4-6-15(18)7-5-12/h1-7,10,13,19H,8-9,11H2. The Balaban J connectivity index is 1.89. The molecular weight excluding hydrogens is 340 g/mol. The minimum Gasteiger partial charge on any atom is -0.494 e. The second-order valence-corrected chi connectivity index (χ2v) is 5.88. The highest BCUT2D eigenvalue weighted by Gasteiger charge is 2.10. The Morgan fingerprint density at radius 1 is 1.15 bits per heavy atom. The average molecular weight is 356 g/mol. The van der Waals surface area contributed by atoms with E-state index in [9.17, 15) is 5.11 Å². The Hall–Kier alpha value is -1.03. The third-order valence-corrected chi connectivity index (χ3v) is 3.84. The maximum Gasteiger partial charge on any atom is 0.120 e. The van der Waals surface area contributed by atoms with Crippen LogP contribution in [0.4, 0.5) is 0 Å². The molecule has 2 aromatic carbocycles. The molecule has 2 rings (SSSR count). The number of hydrogen-bond donors (Lipinski definition) is 1. The molecule has 0 heterocycles. The summed E-state index contributed by atoms with van der Waals surface area (Å²) in [6.07, 6.45) is 0.755. The molecule has 1 atom stereocenters. The first-order valence-electron chi connectivity index (χ1n) is 6.43. The lowest BCUT2D eigenvalue weighted by Gasteiger charge is -2.15. The smallest absolute Gasteiger partial charge is 0.120 e. The summed E-state index contributed by atoms with van der Waals surface area (Å²) in [5.74, 6) is 0.895. The minimum atomic E-state index is 0.0689. The van der Waals surface area contributed by atoms with E-state index in [-0.39, 0.29) is 12.5 Å². The number of rotatable bonds is 6. The normalized spacial score (nSPS) is 12.2. The van der Waals surface area contributed by atoms with Crippen LogP contribution in [-0.2, 0) is 0 Å². The summed E-state index contributed by atoms with van der Waals surface area (Å²) in [4.78, 5) is 0. The molecule has 20 heavy (non-hydrogen) atoms. The largest absolute Gasteiger partial charge is 0.494 e. The Kier molecular flexibility index (Phi) is 5.89. The van der Waals surface area contributed by atoms with Gasteiger partial charge in [-0.2, -0.15) is 0 Å². The van der Waals surface area contributed by atoms with E-state index in [4.69, 9.17) is 16.3 Å². The van der Waals surface area contributed by atoms with Gasteiger partial charge in [0.2, 0.25) is 0 Å². The summed E-state index contributed by atoms with van der Waals surface area (Å²) in [6.45, 7) is 0.660. The number of halogens is 2. The second-order valence-electron chi connectivity index (χ2n) is 4.53. The molecule has 0 saturated carbocycles. The maximum absolute atomic E-state index is 9.49. The summed E-state index contributed by atoms with van der Waals surface area (Å²) in [5.41, 5.74) is 1.08. The van der Waals surface area contributed by atoms with Crippen LogP contribution in [0, 0.1) is 0 Å². The fraction of sp³-hybridized carbons (Fsp3) is 0.250. The number of hydrogen-bond acceptors (Lipinski definition) is 2. The van der Waals surface area contributed by atoms with Crippen LogP contribution in [0.5, 0.6) is 5.75 Å². The molecule has 4 heteroatoms. The summed E-state index contributed by atoms with van der Waals surface area (Å²) in [6, 6.07) is 15.3. The SMILES string of the molecule is OCC(CCOc1cccc(Br)c1)c1ccc(Cl)cc1. The van der Waals surface area contributed by atoms with E-state index < -0.39 is 0 Å². The molecule has 0 amide bonds. The number of aliphatic hydroxyl groups is 1. The van der Waals surface area contributed by atoms with Gasteiger partial charge in [0.05, 0.1) is 13.2 Å². The summed E-state index contributed by atoms with van der Waals surface area (Å²) >= 11 is 9.27. The molecule has 0 aromatic heterocycles. The monoisotopic (exact) mass is 354 g/mol. The predicted octanol–water partition coefficient (Wildman–Crippen LogP) is 4.65. The first-order chi connectivity index (χ1) is 9.69. The van der Waals surface area contributed by atoms with Gasteiger partial charge in [-0.1, -0.05) is 45.7 Å². The molecular formula is C16H16BrClO2. The molecule has 0 aliphatic heterocycles. The molecule has 0 bridgehead atoms. The molecule has 0 radical (unpaired) electrons. The van der Waals surface area contributed by atoms with Gasteiger partial charge in [0.15, 0.2) is 0 Å². The Bertz CT molecular complexity index is 542. The van der Waals surface area contributed by atoms with Crippen LogP contribution in [0.25, 0.3) is 0 Å². The molecule has 0 saturated heterocycles. The zero-order valence-electron chi connectivity index (χ0n) is 10.9. The molecule has 2 aromatic rings. The average Bonchev–Trinajstić information content (AvgIpc) is 2.45. The van der Waals surface area contributed by atoms with Gasteiger partial charge in [0.25, 0.3) is 0 Å². The summed E-state index contributed by atoms with van der Waals surface area (Å²) in [5, 5.41) is 10.2. The number of ether oxygens (including phenoxy) is 1. The van der Waals surface area contributed by atoms with Gasteiger partial charge >= 0.3 is 0 Å². The number of benzene rings is 2. The van der Waals surface area contributed by atoms with Gasteiger partial charge in [-0.15, -0.1) is 0 Å². The van der Waals surface area contributed by atoms with Crippen LogP contribution in [0.15, 0.2) is 53.0 Å². The summed E-state index contributed by atoms with van der Waals surface area (Å²) in [7, 11) is 0. The predicted molar refractivity (Wildman–Crippen MR) is 85.5 cm³/mol. The van der Waals surface area contributed by atoms with Gasteiger partial charge in [-0.25, -0.2) is 0 Å². The first kappa shape index (κ1) is 15.4. The van der Waals surface area contributed by atoms with Crippen molar-refractivity contribution >= 4 is 27.5 Å². The molecule has 0 aliphatic carbocycles. The Labute approximate surface area is 132 Å². The van der Waals surface area contributed by atoms with Crippen molar-refractivity contribution in [2.45, 2.75) is 12.3 Å². The maximum atomic E-state index is 9.49. The van der Waals surface area contributed by atoms with Crippen LogP contribution < -0.4 is 4.74 Å². The topological polar surface area (TPSA) is 29.5 Å². The Morgan fingerprint density at radius 3 is 2.55 bits per heavy atom. The van der Waals surface area contributed by atoms with Crippen molar-refractivity contribution < 1.29 is 9.84 Å². The lowest BCUT2D eigenvalue weighted by atomic mass is 9.97. The van der Waals surface area contributed by atoms with Crippen molar-refractivity contribution in [2.24, 2.45) is 0 Å². The fourth-order valence-corrected chi connectivity index (χ4v) is 2.48. The summed E-state index contributed by atoms with van der Waals surface area (Å²) < 4.78 is 6.69. The lowest BCUT2D eigenvalue weighted by molar-refractivity contribution is 0.229. The van der Waals surface area contributed by atoms with Crippen LogP contribution in [0.2, 0.25) is 5.02 Å². The molecule has 0 fully saturated rings. The zero-order chi connectivity index (χ0) is 14.4. The van der Waals surface area contributed by atoms with Crippen molar-refractivity contribution in [1.29, 1.82) is 0 Å². The molecule has 1 N–H and O–H groups in total. The van der Waals surface area contributed by atoms with E-state index in [2.05, 4.69) is 15.9 Å². The van der Waals surface area contributed by atoms with Gasteiger partial charge in [-0.3, -0.25) is 0 Å². The van der Waals surface area contributed by atoms with Crippen molar-refractivity contribution in [2.75, 3.05) is 13.2 Å². The highest BCUT2D eigenvalue weighted by atomic mass is 79.9. The van der Waals surface area contributed by atoms with Gasteiger partial charge in [0.1, 0.15) is 5.75 Å². The molecule has 0 aliphatic rings. The van der Waals surface area contributed by atoms with Crippen molar-refractivity contribution in [3.8, 4) is 5.75 Å². The van der Waals surface area contributed by atoms with E-state index in [1.165, 1.54) is 0 Å². The van der Waals surface area contributed by atoms with E-state index in [0.717, 1.165) is 22.2 Å². The minimum absolute atomic E-state index is 0.0689. The quantitative estimate of drug-likeness (QED) is 0.817. The van der Waals surface area contributed by atoms with E-state index in [0.29, 0.717) is 11.6 Å². The van der Waals surface area contributed by atoms with Crippen molar-refractivity contribution in [3.05, 3.63) is 63.6 Å². The van der Waals surface area contributed by atoms with Gasteiger partial charge in [0, 0.05) is 15.4 Å². The number of aliphatic hydroxyl groups excluding tert-OH is 1. The third-order valence-electron chi connectivity index (χ3n) is 3.09. The lowest BCUT2D eigenvalue weighted by Crippen LogP contribution is -2.09. The molecule has 0 spiro atoms. The molecule has 2 nitrogen and oxygen atoms in total. The van der Waals surface area contributed by atoms with Crippen LogP contribution in [0.1, 0.15) is 17.9 Å². The second kappa shape index (κ2) is 7.67. The van der Waals surface area contributed by atoms with Crippen molar-refractivity contribution in [3.63, 3.8) is 0 Å². The van der Waals surface area contributed by atoms with Crippen LogP contribution in [0.3, 0.4) is 0 Å². The van der Waals surface area contributed by atoms with Crippen molar-refractivity contribution in [1.82, 2.24) is 0 Å². The van der Waals surface area contributed by atoms with Gasteiger partial charge in [-0.05, 0) is 42.3 Å². The van der Waals surface area contributed by atoms with E-state index in [1.54, 1.807) is 0 Å². The molecule has 1 unspecified atom stereocenters. The highest BCUT2D eigenvalue weighted by molar-refractivity contribution is 9.10. The first-order valence-corrected chi connectivity index (χ1v) is 7.61. The van der Waals surface area contributed by atoms with E-state index >= 15 is 0 Å². The molecule has 106 valence electrons. The van der Waals surface area contributed by atoms with Crippen LogP contribution >= 0.6 is 27.5 Å². The highest BCUT2D eigenvalue weighted by Crippen LogP contribution is 2.23. The zero-order valence-corrected chi connectivity index (χ0v) is 13.3. The van der Waals surface area contributed by atoms with E-state index in [1.807, 2.05) is 48.5 Å². The van der Waals surface area contributed by atoms with Crippen LogP contribution in [-0.4, -0.2) is 18.3 Å². The fourth-order valence-electron chi connectivity index (χ4n) is 1.97. The Morgan fingerprint density at radius 2 is 1.90 bits per heavy atom.